The van der Waals surface area contributed by atoms with E-state index < -0.39 is 0 Å². The summed E-state index contributed by atoms with van der Waals surface area (Å²) in [6.07, 6.45) is -0.0986. The van der Waals surface area contributed by atoms with Gasteiger partial charge in [0.05, 0.1) is 18.8 Å². The summed E-state index contributed by atoms with van der Waals surface area (Å²) in [5, 5.41) is 14.5. The number of tetrazole rings is 1. The van der Waals surface area contributed by atoms with Crippen LogP contribution in [0.4, 0.5) is 0 Å². The summed E-state index contributed by atoms with van der Waals surface area (Å²) >= 11 is 0. The number of hydrogen-bond acceptors (Lipinski definition) is 6. The van der Waals surface area contributed by atoms with Crippen LogP contribution in [-0.2, 0) is 16.1 Å². The van der Waals surface area contributed by atoms with Gasteiger partial charge < -0.3 is 10.1 Å². The minimum atomic E-state index is -0.122. The number of likely N-dealkylation sites (N-methyl/N-ethyl adjacent to an activating group) is 1. The smallest absolute Gasteiger partial charge is 0.241 e. The number of benzene rings is 1. The van der Waals surface area contributed by atoms with E-state index in [0.29, 0.717) is 19.0 Å². The highest BCUT2D eigenvalue weighted by atomic mass is 16.5. The summed E-state index contributed by atoms with van der Waals surface area (Å²) in [6.45, 7) is 6.07. The first-order chi connectivity index (χ1) is 12.6. The van der Waals surface area contributed by atoms with Gasteiger partial charge in [0.15, 0.2) is 5.82 Å². The molecule has 1 aromatic heterocycles. The average Bonchev–Trinajstić information content (AvgIpc) is 3.09. The van der Waals surface area contributed by atoms with Gasteiger partial charge in [-0.25, -0.2) is 4.68 Å². The second kappa shape index (κ2) is 8.37. The number of amides is 1. The molecule has 8 nitrogen and oxygen atoms in total. The fourth-order valence-electron chi connectivity index (χ4n) is 3.30. The van der Waals surface area contributed by atoms with Gasteiger partial charge in [-0.1, -0.05) is 44.2 Å². The molecule has 1 fully saturated rings. The highest BCUT2D eigenvalue weighted by molar-refractivity contribution is 5.75. The summed E-state index contributed by atoms with van der Waals surface area (Å²) in [6, 6.07) is 10.4. The highest BCUT2D eigenvalue weighted by Crippen LogP contribution is 2.27. The minimum absolute atomic E-state index is 0.0986. The monoisotopic (exact) mass is 358 g/mol. The molecule has 26 heavy (non-hydrogen) atoms. The molecule has 0 radical (unpaired) electrons. The van der Waals surface area contributed by atoms with Crippen molar-refractivity contribution in [3.05, 3.63) is 41.7 Å². The molecular weight excluding hydrogens is 332 g/mol. The quantitative estimate of drug-likeness (QED) is 0.829. The van der Waals surface area contributed by atoms with E-state index in [9.17, 15) is 4.79 Å². The molecule has 1 saturated heterocycles. The van der Waals surface area contributed by atoms with Crippen LogP contribution >= 0.6 is 0 Å². The zero-order valence-corrected chi connectivity index (χ0v) is 15.5. The maximum absolute atomic E-state index is 12.4. The minimum Gasteiger partial charge on any atom is -0.373 e. The number of nitrogens with zero attached hydrogens (tertiary/aromatic N) is 5. The molecular formula is C18H26N6O2. The largest absolute Gasteiger partial charge is 0.373 e. The van der Waals surface area contributed by atoms with Crippen molar-refractivity contribution in [1.82, 2.24) is 30.4 Å². The lowest BCUT2D eigenvalue weighted by Crippen LogP contribution is -2.48. The maximum Gasteiger partial charge on any atom is 0.241 e. The van der Waals surface area contributed by atoms with Gasteiger partial charge in [-0.2, -0.15) is 0 Å². The summed E-state index contributed by atoms with van der Waals surface area (Å²) in [5.74, 6) is 0.745. The van der Waals surface area contributed by atoms with Crippen LogP contribution in [0.3, 0.4) is 0 Å². The Morgan fingerprint density at radius 3 is 2.85 bits per heavy atom. The van der Waals surface area contributed by atoms with Crippen LogP contribution < -0.4 is 5.32 Å². The number of rotatable bonds is 6. The number of ether oxygens (including phenoxy) is 1. The SMILES string of the molecule is CC(C)c1nnnn1CC(=O)NC[C@@H]1OCCN(C)[C@H]1c1ccccc1. The lowest BCUT2D eigenvalue weighted by Gasteiger charge is -2.39. The third-order valence-electron chi connectivity index (χ3n) is 4.61. The Morgan fingerprint density at radius 2 is 2.12 bits per heavy atom. The van der Waals surface area contributed by atoms with Crippen LogP contribution in [0, 0.1) is 0 Å². The van der Waals surface area contributed by atoms with E-state index in [1.165, 1.54) is 5.56 Å². The molecule has 0 aliphatic carbocycles. The van der Waals surface area contributed by atoms with Gasteiger partial charge in [0.25, 0.3) is 0 Å². The van der Waals surface area contributed by atoms with Gasteiger partial charge in [-0.05, 0) is 23.0 Å². The first-order valence-electron chi connectivity index (χ1n) is 8.96. The van der Waals surface area contributed by atoms with Gasteiger partial charge in [0.2, 0.25) is 5.91 Å². The molecule has 0 saturated carbocycles. The lowest BCUT2D eigenvalue weighted by atomic mass is 9.98. The van der Waals surface area contributed by atoms with Crippen LogP contribution in [0.2, 0.25) is 0 Å². The number of morpholine rings is 1. The van der Waals surface area contributed by atoms with Gasteiger partial charge in [0.1, 0.15) is 6.54 Å². The van der Waals surface area contributed by atoms with E-state index in [0.717, 1.165) is 6.54 Å². The maximum atomic E-state index is 12.4. The molecule has 1 aliphatic heterocycles. The van der Waals surface area contributed by atoms with Gasteiger partial charge in [-0.15, -0.1) is 5.10 Å². The molecule has 0 spiro atoms. The highest BCUT2D eigenvalue weighted by Gasteiger charge is 2.31. The predicted octanol–water partition coefficient (Wildman–Crippen LogP) is 0.985. The molecule has 2 atom stereocenters. The number of nitrogens with one attached hydrogen (secondary N) is 1. The number of carbonyl (C=O) groups excluding carboxylic acids is 1. The van der Waals surface area contributed by atoms with Crippen molar-refractivity contribution in [3.63, 3.8) is 0 Å². The van der Waals surface area contributed by atoms with Crippen LogP contribution in [0.15, 0.2) is 30.3 Å². The van der Waals surface area contributed by atoms with Crippen molar-refractivity contribution in [3.8, 4) is 0 Å². The van der Waals surface area contributed by atoms with E-state index in [1.54, 1.807) is 4.68 Å². The van der Waals surface area contributed by atoms with E-state index in [-0.39, 0.29) is 30.5 Å². The van der Waals surface area contributed by atoms with E-state index in [1.807, 2.05) is 32.0 Å². The fourth-order valence-corrected chi connectivity index (χ4v) is 3.30. The summed E-state index contributed by atoms with van der Waals surface area (Å²) in [5.41, 5.74) is 1.19. The Bertz CT molecular complexity index is 717. The third kappa shape index (κ3) is 4.25. The third-order valence-corrected chi connectivity index (χ3v) is 4.61. The van der Waals surface area contributed by atoms with Crippen LogP contribution in [0.5, 0.6) is 0 Å². The topological polar surface area (TPSA) is 85.2 Å². The lowest BCUT2D eigenvalue weighted by molar-refractivity contribution is -0.124. The molecule has 1 amide bonds. The molecule has 140 valence electrons. The zero-order valence-electron chi connectivity index (χ0n) is 15.5. The van der Waals surface area contributed by atoms with Crippen LogP contribution in [0.25, 0.3) is 0 Å². The first kappa shape index (κ1) is 18.5. The molecule has 1 aromatic carbocycles. The van der Waals surface area contributed by atoms with Gasteiger partial charge in [-0.3, -0.25) is 9.69 Å². The summed E-state index contributed by atoms with van der Waals surface area (Å²) in [4.78, 5) is 14.6. The first-order valence-corrected chi connectivity index (χ1v) is 8.96. The summed E-state index contributed by atoms with van der Waals surface area (Å²) < 4.78 is 7.50. The van der Waals surface area contributed by atoms with Crippen LogP contribution in [-0.4, -0.2) is 63.9 Å². The van der Waals surface area contributed by atoms with Crippen molar-refractivity contribution < 1.29 is 9.53 Å². The normalized spacial score (nSPS) is 21.1. The number of hydrogen-bond donors (Lipinski definition) is 1. The standard InChI is InChI=1S/C18H26N6O2/c1-13(2)18-20-21-22-24(18)12-16(25)19-11-15-17(23(3)9-10-26-15)14-7-5-4-6-8-14/h4-8,13,15,17H,9-12H2,1-3H3,(H,19,25)/t15-,17-/m0/s1. The summed E-state index contributed by atoms with van der Waals surface area (Å²) in [7, 11) is 2.09. The number of aromatic nitrogens is 4. The molecule has 1 N–H and O–H groups in total. The van der Waals surface area contributed by atoms with Crippen molar-refractivity contribution in [2.75, 3.05) is 26.7 Å². The van der Waals surface area contributed by atoms with Crippen LogP contribution in [0.1, 0.15) is 37.2 Å². The van der Waals surface area contributed by atoms with E-state index in [4.69, 9.17) is 4.74 Å². The number of carbonyl (C=O) groups is 1. The predicted molar refractivity (Wildman–Crippen MR) is 96.5 cm³/mol. The van der Waals surface area contributed by atoms with E-state index in [2.05, 4.69) is 44.9 Å². The Labute approximate surface area is 153 Å². The van der Waals surface area contributed by atoms with Crippen molar-refractivity contribution in [2.24, 2.45) is 0 Å². The molecule has 3 rings (SSSR count). The molecule has 1 aliphatic rings. The molecule has 2 heterocycles. The Balaban J connectivity index is 1.62. The van der Waals surface area contributed by atoms with Gasteiger partial charge >= 0.3 is 0 Å². The van der Waals surface area contributed by atoms with E-state index >= 15 is 0 Å². The molecule has 2 aromatic rings. The second-order valence-electron chi connectivity index (χ2n) is 6.90. The van der Waals surface area contributed by atoms with Gasteiger partial charge in [0, 0.05) is 19.0 Å². The van der Waals surface area contributed by atoms with Crippen molar-refractivity contribution in [2.45, 2.75) is 38.5 Å². The molecule has 0 bridgehead atoms. The average molecular weight is 358 g/mol. The molecule has 0 unspecified atom stereocenters. The van der Waals surface area contributed by atoms with Crippen molar-refractivity contribution >= 4 is 5.91 Å². The molecule has 8 heteroatoms. The second-order valence-corrected chi connectivity index (χ2v) is 6.90. The fraction of sp³-hybridized carbons (Fsp3) is 0.556. The Hall–Kier alpha value is -2.32. The zero-order chi connectivity index (χ0) is 18.5. The van der Waals surface area contributed by atoms with Crippen molar-refractivity contribution in [1.29, 1.82) is 0 Å². The Kier molecular flexibility index (Phi) is 5.95. The Morgan fingerprint density at radius 1 is 1.35 bits per heavy atom.